The number of hydrogen-bond acceptors (Lipinski definition) is 7. The van der Waals surface area contributed by atoms with Gasteiger partial charge in [-0.1, -0.05) is 17.7 Å². The van der Waals surface area contributed by atoms with Gasteiger partial charge in [0.05, 0.1) is 17.7 Å². The van der Waals surface area contributed by atoms with Crippen molar-refractivity contribution in [1.29, 1.82) is 0 Å². The standard InChI is InChI=1S/C23H26N4O5S/c1-15-4-6-17(7-5-15)22-25-26-23(32-22)18-10-12-27(13-11-18)33(29,30)19-8-9-21(31-3)20(14-19)24-16(2)28/h4-9,14,18H,10-13H2,1-3H3,(H,24,28). The van der Waals surface area contributed by atoms with Crippen LogP contribution in [0.15, 0.2) is 51.8 Å². The summed E-state index contributed by atoms with van der Waals surface area (Å²) in [5.74, 6) is 1.06. The van der Waals surface area contributed by atoms with Crippen molar-refractivity contribution in [3.05, 3.63) is 53.9 Å². The summed E-state index contributed by atoms with van der Waals surface area (Å²) < 4.78 is 39.0. The number of rotatable bonds is 6. The van der Waals surface area contributed by atoms with E-state index >= 15 is 0 Å². The first kappa shape index (κ1) is 22.9. The number of benzene rings is 2. The molecule has 1 N–H and O–H groups in total. The Balaban J connectivity index is 1.46. The fourth-order valence-corrected chi connectivity index (χ4v) is 5.34. The quantitative estimate of drug-likeness (QED) is 0.585. The first-order valence-electron chi connectivity index (χ1n) is 10.6. The van der Waals surface area contributed by atoms with Gasteiger partial charge in [-0.25, -0.2) is 8.42 Å². The minimum atomic E-state index is -3.73. The maximum absolute atomic E-state index is 13.2. The Kier molecular flexibility index (Phi) is 6.48. The third-order valence-corrected chi connectivity index (χ3v) is 7.56. The third-order valence-electron chi connectivity index (χ3n) is 5.66. The predicted octanol–water partition coefficient (Wildman–Crippen LogP) is 3.58. The highest BCUT2D eigenvalue weighted by atomic mass is 32.2. The molecule has 0 unspecified atom stereocenters. The van der Waals surface area contributed by atoms with E-state index in [0.29, 0.717) is 49.1 Å². The number of nitrogens with one attached hydrogen (secondary N) is 1. The molecule has 2 aromatic carbocycles. The summed E-state index contributed by atoms with van der Waals surface area (Å²) in [6.07, 6.45) is 1.15. The minimum Gasteiger partial charge on any atom is -0.495 e. The van der Waals surface area contributed by atoms with Crippen LogP contribution in [0, 0.1) is 6.92 Å². The van der Waals surface area contributed by atoms with E-state index in [9.17, 15) is 13.2 Å². The summed E-state index contributed by atoms with van der Waals surface area (Å²) >= 11 is 0. The van der Waals surface area contributed by atoms with Crippen LogP contribution < -0.4 is 10.1 Å². The molecule has 0 bridgehead atoms. The van der Waals surface area contributed by atoms with Crippen molar-refractivity contribution in [1.82, 2.24) is 14.5 Å². The maximum Gasteiger partial charge on any atom is 0.247 e. The Morgan fingerprint density at radius 2 is 1.82 bits per heavy atom. The van der Waals surface area contributed by atoms with E-state index in [1.165, 1.54) is 36.5 Å². The zero-order valence-electron chi connectivity index (χ0n) is 18.7. The molecule has 1 aliphatic heterocycles. The van der Waals surface area contributed by atoms with E-state index in [0.717, 1.165) is 11.1 Å². The predicted molar refractivity (Wildman–Crippen MR) is 123 cm³/mol. The number of ether oxygens (including phenoxy) is 1. The first-order chi connectivity index (χ1) is 15.8. The Morgan fingerprint density at radius 1 is 1.12 bits per heavy atom. The van der Waals surface area contributed by atoms with Crippen LogP contribution in [-0.4, -0.2) is 49.0 Å². The lowest BCUT2D eigenvalue weighted by Gasteiger charge is -2.29. The molecule has 1 aromatic heterocycles. The molecule has 33 heavy (non-hydrogen) atoms. The zero-order chi connectivity index (χ0) is 23.6. The van der Waals surface area contributed by atoms with Gasteiger partial charge in [0.1, 0.15) is 5.75 Å². The summed E-state index contributed by atoms with van der Waals surface area (Å²) in [6.45, 7) is 4.03. The fourth-order valence-electron chi connectivity index (χ4n) is 3.84. The van der Waals surface area contributed by atoms with Crippen molar-refractivity contribution in [3.63, 3.8) is 0 Å². The molecule has 174 valence electrons. The number of anilines is 1. The molecule has 1 amide bonds. The highest BCUT2D eigenvalue weighted by molar-refractivity contribution is 7.89. The van der Waals surface area contributed by atoms with Crippen LogP contribution in [0.5, 0.6) is 5.75 Å². The molecule has 0 saturated carbocycles. The van der Waals surface area contributed by atoms with Crippen molar-refractivity contribution < 1.29 is 22.4 Å². The second-order valence-electron chi connectivity index (χ2n) is 8.03. The number of amides is 1. The number of carbonyl (C=O) groups excluding carboxylic acids is 1. The van der Waals surface area contributed by atoms with E-state index in [-0.39, 0.29) is 16.7 Å². The second kappa shape index (κ2) is 9.32. The number of hydrogen-bond donors (Lipinski definition) is 1. The van der Waals surface area contributed by atoms with E-state index in [2.05, 4.69) is 15.5 Å². The number of aromatic nitrogens is 2. The third kappa shape index (κ3) is 4.91. The van der Waals surface area contributed by atoms with Crippen molar-refractivity contribution in [3.8, 4) is 17.2 Å². The highest BCUT2D eigenvalue weighted by Crippen LogP contribution is 2.33. The van der Waals surface area contributed by atoms with Gasteiger partial charge in [-0.15, -0.1) is 10.2 Å². The molecule has 9 nitrogen and oxygen atoms in total. The molecule has 3 aromatic rings. The smallest absolute Gasteiger partial charge is 0.247 e. The molecular weight excluding hydrogens is 444 g/mol. The van der Waals surface area contributed by atoms with Crippen molar-refractivity contribution >= 4 is 21.6 Å². The van der Waals surface area contributed by atoms with Gasteiger partial charge < -0.3 is 14.5 Å². The number of nitrogens with zero attached hydrogens (tertiary/aromatic N) is 3. The highest BCUT2D eigenvalue weighted by Gasteiger charge is 2.32. The number of piperidine rings is 1. The van der Waals surface area contributed by atoms with Crippen LogP contribution in [0.3, 0.4) is 0 Å². The molecule has 0 aliphatic carbocycles. The molecule has 1 saturated heterocycles. The maximum atomic E-state index is 13.2. The van der Waals surface area contributed by atoms with Gasteiger partial charge in [0.15, 0.2) is 0 Å². The van der Waals surface area contributed by atoms with Gasteiger partial charge in [0.25, 0.3) is 0 Å². The Labute approximate surface area is 192 Å². The summed E-state index contributed by atoms with van der Waals surface area (Å²) in [5.41, 5.74) is 2.32. The minimum absolute atomic E-state index is 0.00560. The molecule has 1 fully saturated rings. The molecule has 0 atom stereocenters. The first-order valence-corrected chi connectivity index (χ1v) is 12.1. The van der Waals surface area contributed by atoms with Gasteiger partial charge in [-0.05, 0) is 50.1 Å². The SMILES string of the molecule is COc1ccc(S(=O)(=O)N2CCC(c3nnc(-c4ccc(C)cc4)o3)CC2)cc1NC(C)=O. The Hall–Kier alpha value is -3.24. The molecule has 1 aliphatic rings. The van der Waals surface area contributed by atoms with Crippen LogP contribution in [0.25, 0.3) is 11.5 Å². The summed E-state index contributed by atoms with van der Waals surface area (Å²) in [5, 5.41) is 11.0. The molecular formula is C23H26N4O5S. The van der Waals surface area contributed by atoms with Crippen LogP contribution in [0.4, 0.5) is 5.69 Å². The van der Waals surface area contributed by atoms with Crippen molar-refractivity contribution in [2.24, 2.45) is 0 Å². The van der Waals surface area contributed by atoms with Crippen molar-refractivity contribution in [2.75, 3.05) is 25.5 Å². The monoisotopic (exact) mass is 470 g/mol. The van der Waals surface area contributed by atoms with Crippen LogP contribution >= 0.6 is 0 Å². The topological polar surface area (TPSA) is 115 Å². The molecule has 0 spiro atoms. The molecule has 4 rings (SSSR count). The van der Waals surface area contributed by atoms with Gasteiger partial charge in [-0.2, -0.15) is 4.31 Å². The summed E-state index contributed by atoms with van der Waals surface area (Å²) in [4.78, 5) is 11.6. The van der Waals surface area contributed by atoms with Crippen molar-refractivity contribution in [2.45, 2.75) is 37.5 Å². The molecule has 0 radical (unpaired) electrons. The van der Waals surface area contributed by atoms with E-state index in [1.54, 1.807) is 0 Å². The van der Waals surface area contributed by atoms with Crippen LogP contribution in [0.1, 0.15) is 37.1 Å². The normalized spacial score (nSPS) is 15.4. The van der Waals surface area contributed by atoms with Gasteiger partial charge >= 0.3 is 0 Å². The van der Waals surface area contributed by atoms with E-state index in [1.807, 2.05) is 31.2 Å². The lowest BCUT2D eigenvalue weighted by Crippen LogP contribution is -2.38. The number of aryl methyl sites for hydroxylation is 1. The fraction of sp³-hybridized carbons (Fsp3) is 0.348. The van der Waals surface area contributed by atoms with E-state index in [4.69, 9.17) is 9.15 Å². The largest absolute Gasteiger partial charge is 0.495 e. The van der Waals surface area contributed by atoms with Gasteiger partial charge in [0.2, 0.25) is 27.7 Å². The Morgan fingerprint density at radius 3 is 2.45 bits per heavy atom. The average Bonchev–Trinajstić information content (AvgIpc) is 3.29. The number of sulfonamides is 1. The number of carbonyl (C=O) groups is 1. The van der Waals surface area contributed by atoms with E-state index < -0.39 is 10.0 Å². The Bertz CT molecular complexity index is 1250. The second-order valence-corrected chi connectivity index (χ2v) is 9.97. The van der Waals surface area contributed by atoms with Gasteiger partial charge in [0, 0.05) is 31.5 Å². The lowest BCUT2D eigenvalue weighted by atomic mass is 9.98. The number of methoxy groups -OCH3 is 1. The summed E-state index contributed by atoms with van der Waals surface area (Å²) in [7, 11) is -2.27. The van der Waals surface area contributed by atoms with Crippen LogP contribution in [0.2, 0.25) is 0 Å². The molecule has 10 heteroatoms. The zero-order valence-corrected chi connectivity index (χ0v) is 19.6. The van der Waals surface area contributed by atoms with Crippen LogP contribution in [-0.2, 0) is 14.8 Å². The average molecular weight is 471 g/mol. The summed E-state index contributed by atoms with van der Waals surface area (Å²) in [6, 6.07) is 12.3. The lowest BCUT2D eigenvalue weighted by molar-refractivity contribution is -0.114. The van der Waals surface area contributed by atoms with Gasteiger partial charge in [-0.3, -0.25) is 4.79 Å². The molecule has 2 heterocycles.